The molecule has 0 unspecified atom stereocenters. The summed E-state index contributed by atoms with van der Waals surface area (Å²) in [5.41, 5.74) is -0.306. The van der Waals surface area contributed by atoms with Gasteiger partial charge in [0.05, 0.1) is 28.0 Å². The number of carbonyl (C=O) groups is 1. The molecular formula is C13H18ClNO3S. The van der Waals surface area contributed by atoms with Gasteiger partial charge in [0.15, 0.2) is 0 Å². The number of ether oxygens (including phenoxy) is 1. The minimum absolute atomic E-state index is 0.0101. The van der Waals surface area contributed by atoms with Crippen LogP contribution in [0.3, 0.4) is 0 Å². The Kier molecular flexibility index (Phi) is 5.21. The third kappa shape index (κ3) is 3.92. The molecule has 0 atom stereocenters. The average Bonchev–Trinajstić information content (AvgIpc) is 3.03. The number of thiophene rings is 1. The Morgan fingerprint density at radius 2 is 2.21 bits per heavy atom. The van der Waals surface area contributed by atoms with Gasteiger partial charge in [-0.2, -0.15) is 0 Å². The van der Waals surface area contributed by atoms with Crippen molar-refractivity contribution in [2.24, 2.45) is 0 Å². The maximum atomic E-state index is 12.0. The predicted octanol–water partition coefficient (Wildman–Crippen LogP) is 2.45. The molecule has 0 saturated heterocycles. The Balaban J connectivity index is 1.90. The molecule has 1 fully saturated rings. The van der Waals surface area contributed by atoms with Crippen LogP contribution < -0.4 is 5.32 Å². The monoisotopic (exact) mass is 303 g/mol. The molecule has 1 heterocycles. The smallest absolute Gasteiger partial charge is 0.261 e. The van der Waals surface area contributed by atoms with E-state index in [4.69, 9.17) is 21.4 Å². The lowest BCUT2D eigenvalue weighted by Crippen LogP contribution is -2.43. The number of halogens is 1. The highest BCUT2D eigenvalue weighted by atomic mass is 35.5. The van der Waals surface area contributed by atoms with Gasteiger partial charge in [0.1, 0.15) is 0 Å². The first-order valence-corrected chi connectivity index (χ1v) is 7.63. The van der Waals surface area contributed by atoms with Crippen LogP contribution in [-0.2, 0) is 4.74 Å². The van der Waals surface area contributed by atoms with Crippen LogP contribution in [0.1, 0.15) is 35.4 Å². The Bertz CT molecular complexity index is 429. The number of aliphatic hydroxyl groups is 1. The van der Waals surface area contributed by atoms with Crippen LogP contribution >= 0.6 is 22.9 Å². The van der Waals surface area contributed by atoms with Gasteiger partial charge >= 0.3 is 0 Å². The van der Waals surface area contributed by atoms with E-state index in [1.54, 1.807) is 12.1 Å². The first kappa shape index (κ1) is 14.8. The van der Waals surface area contributed by atoms with Gasteiger partial charge in [-0.3, -0.25) is 4.79 Å². The molecule has 0 aromatic carbocycles. The van der Waals surface area contributed by atoms with Crippen LogP contribution in [0.15, 0.2) is 12.1 Å². The van der Waals surface area contributed by atoms with E-state index < -0.39 is 0 Å². The molecule has 1 aromatic rings. The van der Waals surface area contributed by atoms with Crippen molar-refractivity contribution < 1.29 is 14.6 Å². The molecule has 0 spiro atoms. The Morgan fingerprint density at radius 3 is 2.79 bits per heavy atom. The highest BCUT2D eigenvalue weighted by Gasteiger charge is 2.35. The van der Waals surface area contributed by atoms with E-state index in [2.05, 4.69) is 5.32 Å². The van der Waals surface area contributed by atoms with E-state index in [-0.39, 0.29) is 18.1 Å². The topological polar surface area (TPSA) is 58.6 Å². The van der Waals surface area contributed by atoms with Crippen molar-refractivity contribution in [3.8, 4) is 0 Å². The van der Waals surface area contributed by atoms with Crippen LogP contribution in [0, 0.1) is 0 Å². The molecule has 19 heavy (non-hydrogen) atoms. The third-order valence-electron chi connectivity index (χ3n) is 3.38. The summed E-state index contributed by atoms with van der Waals surface area (Å²) < 4.78 is 6.35. The fourth-order valence-electron chi connectivity index (χ4n) is 2.42. The number of aliphatic hydroxyl groups excluding tert-OH is 1. The highest BCUT2D eigenvalue weighted by molar-refractivity contribution is 7.17. The van der Waals surface area contributed by atoms with Crippen LogP contribution in [0.2, 0.25) is 4.34 Å². The van der Waals surface area contributed by atoms with Gasteiger partial charge in [-0.1, -0.05) is 24.4 Å². The summed E-state index contributed by atoms with van der Waals surface area (Å²) in [4.78, 5) is 12.6. The molecule has 1 aliphatic rings. The second kappa shape index (κ2) is 6.70. The second-order valence-electron chi connectivity index (χ2n) is 4.75. The van der Waals surface area contributed by atoms with E-state index in [0.717, 1.165) is 25.7 Å². The van der Waals surface area contributed by atoms with Gasteiger partial charge in [-0.05, 0) is 25.0 Å². The van der Waals surface area contributed by atoms with E-state index in [0.29, 0.717) is 22.4 Å². The van der Waals surface area contributed by atoms with E-state index in [1.165, 1.54) is 11.3 Å². The van der Waals surface area contributed by atoms with Crippen molar-refractivity contribution in [2.75, 3.05) is 19.8 Å². The van der Waals surface area contributed by atoms with Crippen molar-refractivity contribution in [2.45, 2.75) is 31.3 Å². The maximum Gasteiger partial charge on any atom is 0.261 e. The maximum absolute atomic E-state index is 12.0. The average molecular weight is 304 g/mol. The number of amides is 1. The predicted molar refractivity (Wildman–Crippen MR) is 75.9 cm³/mol. The summed E-state index contributed by atoms with van der Waals surface area (Å²) in [5, 5.41) is 11.8. The standard InChI is InChI=1S/C13H18ClNO3S/c14-11-4-3-10(19-11)12(17)15-9-13(18-8-7-16)5-1-2-6-13/h3-4,16H,1-2,5-9H2,(H,15,17). The molecule has 1 saturated carbocycles. The fraction of sp³-hybridized carbons (Fsp3) is 0.615. The SMILES string of the molecule is O=C(NCC1(OCCO)CCCC1)c1ccc(Cl)s1. The zero-order chi connectivity index (χ0) is 13.7. The Hall–Kier alpha value is -0.620. The summed E-state index contributed by atoms with van der Waals surface area (Å²) in [6.45, 7) is 0.818. The molecule has 2 rings (SSSR count). The quantitative estimate of drug-likeness (QED) is 0.848. The molecule has 0 aliphatic heterocycles. The largest absolute Gasteiger partial charge is 0.394 e. The first-order chi connectivity index (χ1) is 9.15. The van der Waals surface area contributed by atoms with Gasteiger partial charge < -0.3 is 15.2 Å². The molecule has 1 amide bonds. The van der Waals surface area contributed by atoms with E-state index >= 15 is 0 Å². The lowest BCUT2D eigenvalue weighted by atomic mass is 10.0. The van der Waals surface area contributed by atoms with Crippen LogP contribution in [0.5, 0.6) is 0 Å². The normalized spacial score (nSPS) is 17.6. The number of hydrogen-bond acceptors (Lipinski definition) is 4. The number of nitrogens with one attached hydrogen (secondary N) is 1. The van der Waals surface area contributed by atoms with Gasteiger partial charge in [0, 0.05) is 6.54 Å². The zero-order valence-corrected chi connectivity index (χ0v) is 12.2. The molecule has 6 heteroatoms. The zero-order valence-electron chi connectivity index (χ0n) is 10.7. The number of rotatable bonds is 6. The van der Waals surface area contributed by atoms with E-state index in [9.17, 15) is 4.79 Å². The van der Waals surface area contributed by atoms with Crippen LogP contribution in [0.4, 0.5) is 0 Å². The number of carbonyl (C=O) groups excluding carboxylic acids is 1. The van der Waals surface area contributed by atoms with Crippen molar-refractivity contribution in [3.05, 3.63) is 21.3 Å². The van der Waals surface area contributed by atoms with Crippen molar-refractivity contribution in [1.29, 1.82) is 0 Å². The Labute approximate surface area is 121 Å². The summed E-state index contributed by atoms with van der Waals surface area (Å²) in [7, 11) is 0. The van der Waals surface area contributed by atoms with Crippen molar-refractivity contribution in [1.82, 2.24) is 5.32 Å². The van der Waals surface area contributed by atoms with Crippen LogP contribution in [-0.4, -0.2) is 36.4 Å². The molecule has 0 radical (unpaired) electrons. The summed E-state index contributed by atoms with van der Waals surface area (Å²) in [6.07, 6.45) is 4.06. The molecule has 1 aromatic heterocycles. The third-order valence-corrected chi connectivity index (χ3v) is 4.61. The molecule has 106 valence electrons. The summed E-state index contributed by atoms with van der Waals surface area (Å²) in [5.74, 6) is -0.115. The first-order valence-electron chi connectivity index (χ1n) is 6.44. The van der Waals surface area contributed by atoms with Crippen molar-refractivity contribution in [3.63, 3.8) is 0 Å². The van der Waals surface area contributed by atoms with Gasteiger partial charge in [0.25, 0.3) is 5.91 Å². The molecular weight excluding hydrogens is 286 g/mol. The molecule has 1 aliphatic carbocycles. The number of hydrogen-bond donors (Lipinski definition) is 2. The van der Waals surface area contributed by atoms with Gasteiger partial charge in [0.2, 0.25) is 0 Å². The molecule has 2 N–H and O–H groups in total. The molecule has 0 bridgehead atoms. The molecule has 4 nitrogen and oxygen atoms in total. The minimum Gasteiger partial charge on any atom is -0.394 e. The van der Waals surface area contributed by atoms with Crippen molar-refractivity contribution >= 4 is 28.8 Å². The lowest BCUT2D eigenvalue weighted by molar-refractivity contribution is -0.0511. The van der Waals surface area contributed by atoms with Crippen LogP contribution in [0.25, 0.3) is 0 Å². The minimum atomic E-state index is -0.306. The Morgan fingerprint density at radius 1 is 1.47 bits per heavy atom. The van der Waals surface area contributed by atoms with Gasteiger partial charge in [-0.25, -0.2) is 0 Å². The van der Waals surface area contributed by atoms with E-state index in [1.807, 2.05) is 0 Å². The summed E-state index contributed by atoms with van der Waals surface area (Å²) >= 11 is 7.08. The fourth-order valence-corrected chi connectivity index (χ4v) is 3.38. The second-order valence-corrected chi connectivity index (χ2v) is 6.46. The highest BCUT2D eigenvalue weighted by Crippen LogP contribution is 2.32. The summed E-state index contributed by atoms with van der Waals surface area (Å²) in [6, 6.07) is 3.44. The van der Waals surface area contributed by atoms with Gasteiger partial charge in [-0.15, -0.1) is 11.3 Å². The lowest BCUT2D eigenvalue weighted by Gasteiger charge is -2.29.